The molecule has 27 heavy (non-hydrogen) atoms. The van der Waals surface area contributed by atoms with E-state index in [9.17, 15) is 9.18 Å². The van der Waals surface area contributed by atoms with Crippen molar-refractivity contribution in [3.8, 4) is 11.7 Å². The Labute approximate surface area is 157 Å². The Morgan fingerprint density at radius 3 is 2.78 bits per heavy atom. The summed E-state index contributed by atoms with van der Waals surface area (Å²) in [5.41, 5.74) is 1.49. The van der Waals surface area contributed by atoms with E-state index in [0.29, 0.717) is 42.6 Å². The quantitative estimate of drug-likeness (QED) is 0.589. The summed E-state index contributed by atoms with van der Waals surface area (Å²) in [5.74, 6) is 1.24. The molecule has 3 aromatic rings. The summed E-state index contributed by atoms with van der Waals surface area (Å²) in [4.78, 5) is 19.0. The monoisotopic (exact) mass is 370 g/mol. The number of aromatic nitrogens is 1. The van der Waals surface area contributed by atoms with E-state index in [0.717, 1.165) is 12.0 Å². The summed E-state index contributed by atoms with van der Waals surface area (Å²) < 4.78 is 24.3. The molecule has 0 atom stereocenters. The van der Waals surface area contributed by atoms with Crippen LogP contribution < -0.4 is 0 Å². The van der Waals surface area contributed by atoms with Crippen molar-refractivity contribution < 1.29 is 18.0 Å². The van der Waals surface area contributed by atoms with Crippen LogP contribution in [-0.2, 0) is 17.6 Å². The number of nitrogens with zero attached hydrogens (tertiary/aromatic N) is 2. The van der Waals surface area contributed by atoms with Crippen molar-refractivity contribution in [2.24, 2.45) is 0 Å². The Morgan fingerprint density at radius 1 is 1.22 bits per heavy atom. The highest BCUT2D eigenvalue weighted by Gasteiger charge is 2.19. The van der Waals surface area contributed by atoms with Gasteiger partial charge in [0, 0.05) is 13.1 Å². The van der Waals surface area contributed by atoms with Crippen LogP contribution in [0.5, 0.6) is 0 Å². The minimum Gasteiger partial charge on any atom is -0.459 e. The van der Waals surface area contributed by atoms with Gasteiger partial charge >= 0.3 is 0 Å². The third-order valence-electron chi connectivity index (χ3n) is 4.35. The lowest BCUT2D eigenvalue weighted by molar-refractivity contribution is -0.130. The molecule has 142 valence electrons. The molecule has 0 aliphatic carbocycles. The molecule has 1 amide bonds. The Bertz CT molecular complexity index is 887. The highest BCUT2D eigenvalue weighted by atomic mass is 19.1. The zero-order chi connectivity index (χ0) is 19.2. The topological polar surface area (TPSA) is 59.5 Å². The van der Waals surface area contributed by atoms with Crippen LogP contribution in [0, 0.1) is 12.7 Å². The fraction of sp³-hybridized carbons (Fsp3) is 0.333. The molecule has 2 aromatic heterocycles. The van der Waals surface area contributed by atoms with Crippen LogP contribution in [0.3, 0.4) is 0 Å². The van der Waals surface area contributed by atoms with E-state index in [-0.39, 0.29) is 18.1 Å². The van der Waals surface area contributed by atoms with Crippen molar-refractivity contribution in [1.29, 1.82) is 0 Å². The normalized spacial score (nSPS) is 10.9. The summed E-state index contributed by atoms with van der Waals surface area (Å²) in [7, 11) is 0. The largest absolute Gasteiger partial charge is 0.459 e. The lowest BCUT2D eigenvalue weighted by Crippen LogP contribution is -2.35. The predicted octanol–water partition coefficient (Wildman–Crippen LogP) is 4.41. The molecule has 5 nitrogen and oxygen atoms in total. The molecular formula is C21H23FN2O3. The summed E-state index contributed by atoms with van der Waals surface area (Å²) in [6.07, 6.45) is 3.18. The van der Waals surface area contributed by atoms with E-state index in [2.05, 4.69) is 4.98 Å². The first-order valence-electron chi connectivity index (χ1n) is 9.09. The summed E-state index contributed by atoms with van der Waals surface area (Å²) >= 11 is 0. The molecule has 0 saturated carbocycles. The Hall–Kier alpha value is -2.89. The number of oxazole rings is 1. The number of furan rings is 1. The number of hydrogen-bond donors (Lipinski definition) is 0. The highest BCUT2D eigenvalue weighted by Crippen LogP contribution is 2.22. The van der Waals surface area contributed by atoms with Gasteiger partial charge in [0.25, 0.3) is 5.89 Å². The molecule has 0 spiro atoms. The average molecular weight is 370 g/mol. The number of amides is 1. The molecule has 0 fully saturated rings. The Balaban J connectivity index is 1.66. The number of carbonyl (C=O) groups excluding carboxylic acids is 1. The van der Waals surface area contributed by atoms with Gasteiger partial charge in [-0.1, -0.05) is 19.1 Å². The van der Waals surface area contributed by atoms with E-state index < -0.39 is 0 Å². The molecule has 0 radical (unpaired) electrons. The fourth-order valence-electron chi connectivity index (χ4n) is 2.94. The molecule has 1 aromatic carbocycles. The van der Waals surface area contributed by atoms with Crippen molar-refractivity contribution in [2.75, 3.05) is 13.1 Å². The summed E-state index contributed by atoms with van der Waals surface area (Å²) in [6, 6.07) is 10.0. The fourth-order valence-corrected chi connectivity index (χ4v) is 2.94. The van der Waals surface area contributed by atoms with Gasteiger partial charge in [0.05, 0.1) is 18.4 Å². The summed E-state index contributed by atoms with van der Waals surface area (Å²) in [5, 5.41) is 0. The number of carbonyl (C=O) groups is 1. The second kappa shape index (κ2) is 8.66. The van der Waals surface area contributed by atoms with Crippen molar-refractivity contribution in [2.45, 2.75) is 33.1 Å². The molecule has 6 heteroatoms. The highest BCUT2D eigenvalue weighted by molar-refractivity contribution is 5.78. The maximum atomic E-state index is 13.3. The van der Waals surface area contributed by atoms with E-state index in [1.807, 2.05) is 13.0 Å². The first kappa shape index (κ1) is 18.9. The van der Waals surface area contributed by atoms with Gasteiger partial charge in [0.1, 0.15) is 11.6 Å². The molecule has 0 saturated heterocycles. The number of aryl methyl sites for hydroxylation is 1. The molecule has 0 aliphatic heterocycles. The minimum atomic E-state index is -0.260. The lowest BCUT2D eigenvalue weighted by atomic mass is 10.1. The van der Waals surface area contributed by atoms with Crippen molar-refractivity contribution in [3.63, 3.8) is 0 Å². The molecular weight excluding hydrogens is 347 g/mol. The predicted molar refractivity (Wildman–Crippen MR) is 99.6 cm³/mol. The molecule has 0 unspecified atom stereocenters. The number of benzene rings is 1. The van der Waals surface area contributed by atoms with Gasteiger partial charge in [-0.25, -0.2) is 9.37 Å². The third-order valence-corrected chi connectivity index (χ3v) is 4.35. The van der Waals surface area contributed by atoms with E-state index >= 15 is 0 Å². The molecule has 2 heterocycles. The van der Waals surface area contributed by atoms with Crippen LogP contribution in [0.4, 0.5) is 4.39 Å². The van der Waals surface area contributed by atoms with Crippen LogP contribution >= 0.6 is 0 Å². The summed E-state index contributed by atoms with van der Waals surface area (Å²) in [6.45, 7) is 5.01. The SMILES string of the molecule is CCCN(CCc1cccc(F)c1)C(=O)Cc1nc(-c2ccco2)oc1C. The van der Waals surface area contributed by atoms with Crippen molar-refractivity contribution >= 4 is 5.91 Å². The smallest absolute Gasteiger partial charge is 0.263 e. The molecule has 3 rings (SSSR count). The maximum absolute atomic E-state index is 13.3. The van der Waals surface area contributed by atoms with E-state index in [1.54, 1.807) is 36.3 Å². The van der Waals surface area contributed by atoms with Gasteiger partial charge in [0.2, 0.25) is 5.91 Å². The standard InChI is InChI=1S/C21H23FN2O3/c1-3-10-24(11-9-16-6-4-7-17(22)13-16)20(25)14-18-15(2)27-21(23-18)19-8-5-12-26-19/h4-8,12-13H,3,9-11,14H2,1-2H3. The van der Waals surface area contributed by atoms with Crippen LogP contribution in [0.15, 0.2) is 51.5 Å². The average Bonchev–Trinajstić information content (AvgIpc) is 3.29. The van der Waals surface area contributed by atoms with Gasteiger partial charge in [-0.15, -0.1) is 0 Å². The van der Waals surface area contributed by atoms with Crippen molar-refractivity contribution in [1.82, 2.24) is 9.88 Å². The van der Waals surface area contributed by atoms with Crippen LogP contribution in [0.2, 0.25) is 0 Å². The van der Waals surface area contributed by atoms with Crippen LogP contribution in [-0.4, -0.2) is 28.9 Å². The number of rotatable bonds is 8. The van der Waals surface area contributed by atoms with Gasteiger partial charge in [0.15, 0.2) is 5.76 Å². The molecule has 0 bridgehead atoms. The van der Waals surface area contributed by atoms with Gasteiger partial charge in [-0.05, 0) is 49.6 Å². The Kier molecular flexibility index (Phi) is 6.06. The van der Waals surface area contributed by atoms with E-state index in [4.69, 9.17) is 8.83 Å². The maximum Gasteiger partial charge on any atom is 0.263 e. The van der Waals surface area contributed by atoms with Crippen molar-refractivity contribution in [3.05, 3.63) is 65.5 Å². The number of halogens is 1. The second-order valence-electron chi connectivity index (χ2n) is 6.44. The van der Waals surface area contributed by atoms with E-state index in [1.165, 1.54) is 12.1 Å². The van der Waals surface area contributed by atoms with Gasteiger partial charge in [-0.3, -0.25) is 4.79 Å². The van der Waals surface area contributed by atoms with Gasteiger partial charge < -0.3 is 13.7 Å². The zero-order valence-electron chi connectivity index (χ0n) is 15.6. The Morgan fingerprint density at radius 2 is 2.07 bits per heavy atom. The third kappa shape index (κ3) is 4.84. The molecule has 0 aliphatic rings. The van der Waals surface area contributed by atoms with Crippen LogP contribution in [0.25, 0.3) is 11.7 Å². The van der Waals surface area contributed by atoms with Crippen LogP contribution in [0.1, 0.15) is 30.4 Å². The minimum absolute atomic E-state index is 0.0179. The molecule has 0 N–H and O–H groups in total. The second-order valence-corrected chi connectivity index (χ2v) is 6.44. The van der Waals surface area contributed by atoms with Gasteiger partial charge in [-0.2, -0.15) is 0 Å². The first-order valence-corrected chi connectivity index (χ1v) is 9.09. The first-order chi connectivity index (χ1) is 13.1. The number of hydrogen-bond acceptors (Lipinski definition) is 4. The zero-order valence-corrected chi connectivity index (χ0v) is 15.6. The lowest BCUT2D eigenvalue weighted by Gasteiger charge is -2.22.